The molecule has 0 aliphatic carbocycles. The van der Waals surface area contributed by atoms with Crippen LogP contribution in [0.1, 0.15) is 22.8 Å². The van der Waals surface area contributed by atoms with Crippen LogP contribution in [0.5, 0.6) is 0 Å². The van der Waals surface area contributed by atoms with Crippen LogP contribution in [0.4, 0.5) is 5.69 Å². The van der Waals surface area contributed by atoms with Crippen LogP contribution in [0.25, 0.3) is 0 Å². The van der Waals surface area contributed by atoms with Crippen molar-refractivity contribution in [3.63, 3.8) is 0 Å². The largest absolute Gasteiger partial charge is 0.465 e. The van der Waals surface area contributed by atoms with Crippen LogP contribution < -0.4 is 5.32 Å². The minimum Gasteiger partial charge on any atom is -0.465 e. The van der Waals surface area contributed by atoms with Gasteiger partial charge in [0, 0.05) is 10.6 Å². The lowest BCUT2D eigenvalue weighted by Gasteiger charge is -2.14. The van der Waals surface area contributed by atoms with Crippen molar-refractivity contribution in [3.8, 4) is 0 Å². The summed E-state index contributed by atoms with van der Waals surface area (Å²) in [6.45, 7) is 3.73. The van der Waals surface area contributed by atoms with Crippen LogP contribution in [-0.2, 0) is 9.53 Å². The third-order valence-corrected chi connectivity index (χ3v) is 4.45. The molecule has 4 nitrogen and oxygen atoms in total. The molecule has 1 atom stereocenters. The maximum absolute atomic E-state index is 12.4. The molecule has 2 aromatic rings. The average molecular weight is 329 g/mol. The van der Waals surface area contributed by atoms with Crippen molar-refractivity contribution in [2.24, 2.45) is 0 Å². The first-order valence-corrected chi connectivity index (χ1v) is 8.10. The van der Waals surface area contributed by atoms with Gasteiger partial charge in [-0.05, 0) is 43.7 Å². The van der Waals surface area contributed by atoms with E-state index in [9.17, 15) is 9.59 Å². The topological polar surface area (TPSA) is 55.4 Å². The molecule has 1 amide bonds. The zero-order valence-corrected chi connectivity index (χ0v) is 14.1. The monoisotopic (exact) mass is 329 g/mol. The van der Waals surface area contributed by atoms with Gasteiger partial charge in [-0.15, -0.1) is 11.8 Å². The lowest BCUT2D eigenvalue weighted by atomic mass is 10.1. The summed E-state index contributed by atoms with van der Waals surface area (Å²) >= 11 is 1.49. The highest BCUT2D eigenvalue weighted by molar-refractivity contribution is 8.00. The summed E-state index contributed by atoms with van der Waals surface area (Å²) in [6.07, 6.45) is 0. The zero-order valence-electron chi connectivity index (χ0n) is 13.3. The number of ether oxygens (including phenoxy) is 1. The third-order valence-electron chi connectivity index (χ3n) is 3.34. The van der Waals surface area contributed by atoms with E-state index in [1.54, 1.807) is 18.2 Å². The lowest BCUT2D eigenvalue weighted by Crippen LogP contribution is -2.23. The normalized spacial score (nSPS) is 11.6. The molecule has 0 saturated heterocycles. The standard InChI is InChI=1S/C18H19NO3S/c1-12-9-10-14(18(21)22-3)11-16(12)19-17(20)13(2)23-15-7-5-4-6-8-15/h4-11,13H,1-3H3,(H,19,20). The molecule has 120 valence electrons. The van der Waals surface area contributed by atoms with Crippen LogP contribution in [0.2, 0.25) is 0 Å². The molecular weight excluding hydrogens is 310 g/mol. The minimum absolute atomic E-state index is 0.107. The van der Waals surface area contributed by atoms with E-state index in [4.69, 9.17) is 4.74 Å². The highest BCUT2D eigenvalue weighted by Gasteiger charge is 2.16. The number of carbonyl (C=O) groups excluding carboxylic acids is 2. The Morgan fingerprint density at radius 1 is 1.13 bits per heavy atom. The molecule has 0 aromatic heterocycles. The third kappa shape index (κ3) is 4.60. The molecule has 0 aliphatic rings. The van der Waals surface area contributed by atoms with E-state index in [-0.39, 0.29) is 11.2 Å². The number of benzene rings is 2. The van der Waals surface area contributed by atoms with E-state index >= 15 is 0 Å². The minimum atomic E-state index is -0.424. The van der Waals surface area contributed by atoms with Crippen molar-refractivity contribution in [1.82, 2.24) is 0 Å². The zero-order chi connectivity index (χ0) is 16.8. The molecule has 0 bridgehead atoms. The van der Waals surface area contributed by atoms with Crippen molar-refractivity contribution in [1.29, 1.82) is 0 Å². The smallest absolute Gasteiger partial charge is 0.337 e. The quantitative estimate of drug-likeness (QED) is 0.668. The number of esters is 1. The Balaban J connectivity index is 2.08. The summed E-state index contributed by atoms with van der Waals surface area (Å²) < 4.78 is 4.71. The number of thioether (sulfide) groups is 1. The van der Waals surface area contributed by atoms with Gasteiger partial charge in [0.15, 0.2) is 0 Å². The molecule has 23 heavy (non-hydrogen) atoms. The number of hydrogen-bond acceptors (Lipinski definition) is 4. The molecule has 0 aliphatic heterocycles. The van der Waals surface area contributed by atoms with Gasteiger partial charge in [0.25, 0.3) is 0 Å². The average Bonchev–Trinajstić information content (AvgIpc) is 2.56. The molecule has 2 rings (SSSR count). The molecular formula is C18H19NO3S. The van der Waals surface area contributed by atoms with Crippen molar-refractivity contribution < 1.29 is 14.3 Å². The molecule has 0 fully saturated rings. The lowest BCUT2D eigenvalue weighted by molar-refractivity contribution is -0.115. The van der Waals surface area contributed by atoms with Gasteiger partial charge in [-0.1, -0.05) is 24.3 Å². The van der Waals surface area contributed by atoms with Crippen molar-refractivity contribution in [3.05, 3.63) is 59.7 Å². The summed E-state index contributed by atoms with van der Waals surface area (Å²) in [5, 5.41) is 2.63. The van der Waals surface area contributed by atoms with Gasteiger partial charge in [-0.2, -0.15) is 0 Å². The Morgan fingerprint density at radius 2 is 1.83 bits per heavy atom. The maximum atomic E-state index is 12.4. The number of aryl methyl sites for hydroxylation is 1. The van der Waals surface area contributed by atoms with Crippen molar-refractivity contribution >= 4 is 29.3 Å². The van der Waals surface area contributed by atoms with E-state index in [0.717, 1.165) is 10.5 Å². The van der Waals surface area contributed by atoms with Crippen LogP contribution in [-0.4, -0.2) is 24.2 Å². The molecule has 1 N–H and O–H groups in total. The van der Waals surface area contributed by atoms with Gasteiger partial charge in [-0.25, -0.2) is 4.79 Å². The Bertz CT molecular complexity index is 701. The van der Waals surface area contributed by atoms with Gasteiger partial charge in [0.1, 0.15) is 0 Å². The number of rotatable bonds is 5. The van der Waals surface area contributed by atoms with Gasteiger partial charge < -0.3 is 10.1 Å². The highest BCUT2D eigenvalue weighted by atomic mass is 32.2. The molecule has 0 heterocycles. The molecule has 1 unspecified atom stereocenters. The molecule has 2 aromatic carbocycles. The number of anilines is 1. The van der Waals surface area contributed by atoms with Crippen molar-refractivity contribution in [2.45, 2.75) is 24.0 Å². The molecule has 5 heteroatoms. The first-order valence-electron chi connectivity index (χ1n) is 7.23. The first-order chi connectivity index (χ1) is 11.0. The van der Waals surface area contributed by atoms with Crippen LogP contribution >= 0.6 is 11.8 Å². The second kappa shape index (κ2) is 7.83. The summed E-state index contributed by atoms with van der Waals surface area (Å²) in [6, 6.07) is 14.9. The van der Waals surface area contributed by atoms with E-state index in [2.05, 4.69) is 5.32 Å². The predicted octanol–water partition coefficient (Wildman–Crippen LogP) is 3.90. The Morgan fingerprint density at radius 3 is 2.48 bits per heavy atom. The Hall–Kier alpha value is -2.27. The number of amides is 1. The second-order valence-corrected chi connectivity index (χ2v) is 6.50. The number of nitrogens with one attached hydrogen (secondary N) is 1. The molecule has 0 radical (unpaired) electrons. The SMILES string of the molecule is COC(=O)c1ccc(C)c(NC(=O)C(C)Sc2ccccc2)c1. The summed E-state index contributed by atoms with van der Waals surface area (Å²) in [7, 11) is 1.33. The van der Waals surface area contributed by atoms with Gasteiger partial charge in [-0.3, -0.25) is 4.79 Å². The van der Waals surface area contributed by atoms with E-state index in [0.29, 0.717) is 11.3 Å². The fraction of sp³-hybridized carbons (Fsp3) is 0.222. The van der Waals surface area contributed by atoms with Crippen LogP contribution in [0.3, 0.4) is 0 Å². The van der Waals surface area contributed by atoms with Gasteiger partial charge in [0.05, 0.1) is 17.9 Å². The van der Waals surface area contributed by atoms with E-state index in [1.165, 1.54) is 18.9 Å². The Labute approximate surface area is 140 Å². The summed E-state index contributed by atoms with van der Waals surface area (Å²) in [5.74, 6) is -0.531. The van der Waals surface area contributed by atoms with E-state index < -0.39 is 5.97 Å². The Kier molecular flexibility index (Phi) is 5.82. The van der Waals surface area contributed by atoms with E-state index in [1.807, 2.05) is 44.2 Å². The predicted molar refractivity (Wildman–Crippen MR) is 92.9 cm³/mol. The summed E-state index contributed by atoms with van der Waals surface area (Å²) in [4.78, 5) is 25.0. The van der Waals surface area contributed by atoms with Crippen molar-refractivity contribution in [2.75, 3.05) is 12.4 Å². The van der Waals surface area contributed by atoms with Crippen LogP contribution in [0.15, 0.2) is 53.4 Å². The number of carbonyl (C=O) groups is 2. The first kappa shape index (κ1) is 17.1. The van der Waals surface area contributed by atoms with Gasteiger partial charge in [0.2, 0.25) is 5.91 Å². The highest BCUT2D eigenvalue weighted by Crippen LogP contribution is 2.25. The number of hydrogen-bond donors (Lipinski definition) is 1. The van der Waals surface area contributed by atoms with Gasteiger partial charge >= 0.3 is 5.97 Å². The fourth-order valence-corrected chi connectivity index (χ4v) is 2.88. The number of methoxy groups -OCH3 is 1. The second-order valence-electron chi connectivity index (χ2n) is 5.08. The molecule has 0 spiro atoms. The maximum Gasteiger partial charge on any atom is 0.337 e. The van der Waals surface area contributed by atoms with Crippen LogP contribution in [0, 0.1) is 6.92 Å². The summed E-state index contributed by atoms with van der Waals surface area (Å²) in [5.41, 5.74) is 1.93. The molecule has 0 saturated carbocycles. The fourth-order valence-electron chi connectivity index (χ4n) is 1.99.